The second kappa shape index (κ2) is 8.33. The molecule has 1 fully saturated rings. The van der Waals surface area contributed by atoms with E-state index in [1.165, 1.54) is 0 Å². The molecule has 0 atom stereocenters. The van der Waals surface area contributed by atoms with Crippen molar-refractivity contribution in [2.45, 2.75) is 28.2 Å². The summed E-state index contributed by atoms with van der Waals surface area (Å²) >= 11 is 1.64. The number of carbonyl (C=O) groups excluding carboxylic acids is 1. The summed E-state index contributed by atoms with van der Waals surface area (Å²) in [7, 11) is 5.24. The Hall–Kier alpha value is -2.02. The number of aliphatic hydroxyl groups is 1. The van der Waals surface area contributed by atoms with Gasteiger partial charge in [0, 0.05) is 62.7 Å². The first-order chi connectivity index (χ1) is 12.9. The molecule has 1 heterocycles. The third kappa shape index (κ3) is 4.64. The zero-order chi connectivity index (χ0) is 19.4. The lowest BCUT2D eigenvalue weighted by Gasteiger charge is -2.32. The number of ether oxygens (including phenoxy) is 1. The maximum Gasteiger partial charge on any atom is 0.323 e. The Labute approximate surface area is 164 Å². The minimum atomic E-state index is -0.798. The Balaban J connectivity index is 1.72. The Morgan fingerprint density at radius 2 is 1.70 bits per heavy atom. The average molecular weight is 387 g/mol. The van der Waals surface area contributed by atoms with Crippen LogP contribution in [0.15, 0.2) is 58.3 Å². The van der Waals surface area contributed by atoms with Crippen molar-refractivity contribution in [1.29, 1.82) is 0 Å². The van der Waals surface area contributed by atoms with Crippen molar-refractivity contribution in [2.75, 3.05) is 39.3 Å². The van der Waals surface area contributed by atoms with Crippen LogP contribution in [0.2, 0.25) is 0 Å². The molecular weight excluding hydrogens is 360 g/mol. The van der Waals surface area contributed by atoms with E-state index in [4.69, 9.17) is 4.74 Å². The molecule has 3 rings (SSSR count). The molecule has 2 amide bonds. The van der Waals surface area contributed by atoms with Crippen molar-refractivity contribution in [3.63, 3.8) is 0 Å². The van der Waals surface area contributed by atoms with E-state index >= 15 is 0 Å². The summed E-state index contributed by atoms with van der Waals surface area (Å²) in [5.41, 5.74) is 1.00. The molecule has 1 aliphatic heterocycles. The average Bonchev–Trinajstić information content (AvgIpc) is 2.68. The van der Waals surface area contributed by atoms with Gasteiger partial charge in [0.25, 0.3) is 0 Å². The van der Waals surface area contributed by atoms with Gasteiger partial charge < -0.3 is 14.7 Å². The van der Waals surface area contributed by atoms with Crippen LogP contribution in [0, 0.1) is 0 Å². The van der Waals surface area contributed by atoms with E-state index in [0.717, 1.165) is 21.0 Å². The molecule has 1 saturated heterocycles. The normalized spacial score (nSPS) is 16.0. The molecule has 0 aliphatic carbocycles. The summed E-state index contributed by atoms with van der Waals surface area (Å²) in [5.74, 6) is 0. The number of hydrogen-bond acceptors (Lipinski definition) is 4. The first-order valence-corrected chi connectivity index (χ1v) is 9.84. The molecule has 6 heteroatoms. The van der Waals surface area contributed by atoms with Gasteiger partial charge in [-0.15, -0.1) is 0 Å². The standard InChI is InChI=1S/C21H26N2O3S/c1-22(2)20(24)23(3)17-7-9-18(10-8-17)27-19-6-4-5-16(15-19)21(25)11-13-26-14-12-21/h4-10,15,25H,11-14H2,1-3H3. The molecule has 144 valence electrons. The molecule has 0 unspecified atom stereocenters. The van der Waals surface area contributed by atoms with E-state index in [-0.39, 0.29) is 6.03 Å². The molecule has 0 saturated carbocycles. The van der Waals surface area contributed by atoms with Gasteiger partial charge in [0.1, 0.15) is 0 Å². The van der Waals surface area contributed by atoms with Gasteiger partial charge in [0.2, 0.25) is 0 Å². The van der Waals surface area contributed by atoms with E-state index in [0.29, 0.717) is 26.1 Å². The number of urea groups is 1. The summed E-state index contributed by atoms with van der Waals surface area (Å²) in [4.78, 5) is 17.4. The number of rotatable bonds is 4. The van der Waals surface area contributed by atoms with Crippen molar-refractivity contribution in [3.8, 4) is 0 Å². The predicted molar refractivity (Wildman–Crippen MR) is 108 cm³/mol. The van der Waals surface area contributed by atoms with Crippen LogP contribution < -0.4 is 4.90 Å². The maximum absolute atomic E-state index is 12.1. The lowest BCUT2D eigenvalue weighted by atomic mass is 9.87. The van der Waals surface area contributed by atoms with Crippen LogP contribution >= 0.6 is 11.8 Å². The van der Waals surface area contributed by atoms with Gasteiger partial charge in [0.05, 0.1) is 5.60 Å². The van der Waals surface area contributed by atoms with Crippen LogP contribution in [0.25, 0.3) is 0 Å². The van der Waals surface area contributed by atoms with E-state index in [2.05, 4.69) is 6.07 Å². The minimum Gasteiger partial charge on any atom is -0.385 e. The number of nitrogens with zero attached hydrogens (tertiary/aromatic N) is 2. The van der Waals surface area contributed by atoms with Gasteiger partial charge in [-0.1, -0.05) is 23.9 Å². The Kier molecular flexibility index (Phi) is 6.09. The van der Waals surface area contributed by atoms with Gasteiger partial charge in [-0.3, -0.25) is 4.90 Å². The van der Waals surface area contributed by atoms with Crippen LogP contribution in [0.4, 0.5) is 10.5 Å². The predicted octanol–water partition coefficient (Wildman–Crippen LogP) is 3.95. The number of hydrogen-bond donors (Lipinski definition) is 1. The van der Waals surface area contributed by atoms with Gasteiger partial charge >= 0.3 is 6.03 Å². The SMILES string of the molecule is CN(C)C(=O)N(C)c1ccc(Sc2cccc(C3(O)CCOCC3)c2)cc1. The smallest absolute Gasteiger partial charge is 0.323 e. The molecule has 1 N–H and O–H groups in total. The van der Waals surface area contributed by atoms with Crippen molar-refractivity contribution < 1.29 is 14.6 Å². The monoisotopic (exact) mass is 386 g/mol. The fraction of sp³-hybridized carbons (Fsp3) is 0.381. The highest BCUT2D eigenvalue weighted by molar-refractivity contribution is 7.99. The van der Waals surface area contributed by atoms with E-state index < -0.39 is 5.60 Å². The molecule has 2 aromatic carbocycles. The van der Waals surface area contributed by atoms with Crippen molar-refractivity contribution in [3.05, 3.63) is 54.1 Å². The summed E-state index contributed by atoms with van der Waals surface area (Å²) in [5, 5.41) is 10.9. The lowest BCUT2D eigenvalue weighted by molar-refractivity contribution is -0.0680. The molecule has 2 aromatic rings. The van der Waals surface area contributed by atoms with Crippen LogP contribution in [0.3, 0.4) is 0 Å². The zero-order valence-electron chi connectivity index (χ0n) is 16.0. The molecule has 0 aromatic heterocycles. The number of anilines is 1. The molecule has 27 heavy (non-hydrogen) atoms. The summed E-state index contributed by atoms with van der Waals surface area (Å²) in [6, 6.07) is 15.9. The third-order valence-corrected chi connectivity index (χ3v) is 5.82. The maximum atomic E-state index is 12.1. The molecule has 5 nitrogen and oxygen atoms in total. The van der Waals surface area contributed by atoms with Gasteiger partial charge in [-0.05, 0) is 42.0 Å². The highest BCUT2D eigenvalue weighted by Gasteiger charge is 2.31. The van der Waals surface area contributed by atoms with Crippen molar-refractivity contribution in [2.24, 2.45) is 0 Å². The quantitative estimate of drug-likeness (QED) is 0.864. The molecule has 0 radical (unpaired) electrons. The van der Waals surface area contributed by atoms with E-state index in [1.807, 2.05) is 42.5 Å². The Morgan fingerprint density at radius 1 is 1.04 bits per heavy atom. The first-order valence-electron chi connectivity index (χ1n) is 9.03. The van der Waals surface area contributed by atoms with Crippen molar-refractivity contribution >= 4 is 23.5 Å². The number of amides is 2. The molecule has 0 spiro atoms. The third-order valence-electron chi connectivity index (χ3n) is 4.82. The first kappa shape index (κ1) is 19.7. The van der Waals surface area contributed by atoms with Gasteiger partial charge in [0.15, 0.2) is 0 Å². The fourth-order valence-corrected chi connectivity index (χ4v) is 4.01. The minimum absolute atomic E-state index is 0.0622. The summed E-state index contributed by atoms with van der Waals surface area (Å²) < 4.78 is 5.38. The second-order valence-corrected chi connectivity index (χ2v) is 8.15. The number of benzene rings is 2. The molecular formula is C21H26N2O3S. The van der Waals surface area contributed by atoms with Crippen LogP contribution in [0.1, 0.15) is 18.4 Å². The zero-order valence-corrected chi connectivity index (χ0v) is 16.8. The van der Waals surface area contributed by atoms with E-state index in [1.54, 1.807) is 42.7 Å². The summed E-state index contributed by atoms with van der Waals surface area (Å²) in [6.45, 7) is 1.18. The second-order valence-electron chi connectivity index (χ2n) is 7.00. The highest BCUT2D eigenvalue weighted by Crippen LogP contribution is 2.36. The van der Waals surface area contributed by atoms with Crippen molar-refractivity contribution in [1.82, 2.24) is 4.90 Å². The van der Waals surface area contributed by atoms with Crippen LogP contribution in [0.5, 0.6) is 0 Å². The highest BCUT2D eigenvalue weighted by atomic mass is 32.2. The number of carbonyl (C=O) groups is 1. The summed E-state index contributed by atoms with van der Waals surface area (Å²) in [6.07, 6.45) is 1.25. The van der Waals surface area contributed by atoms with Gasteiger partial charge in [-0.25, -0.2) is 4.79 Å². The topological polar surface area (TPSA) is 53.0 Å². The fourth-order valence-electron chi connectivity index (χ4n) is 3.13. The lowest BCUT2D eigenvalue weighted by Crippen LogP contribution is -2.36. The largest absolute Gasteiger partial charge is 0.385 e. The van der Waals surface area contributed by atoms with Gasteiger partial charge in [-0.2, -0.15) is 0 Å². The molecule has 0 bridgehead atoms. The molecule has 1 aliphatic rings. The Bertz CT molecular complexity index is 786. The van der Waals surface area contributed by atoms with Crippen LogP contribution in [-0.4, -0.2) is 50.4 Å². The van der Waals surface area contributed by atoms with Crippen LogP contribution in [-0.2, 0) is 10.3 Å². The Morgan fingerprint density at radius 3 is 2.33 bits per heavy atom. The van der Waals surface area contributed by atoms with E-state index in [9.17, 15) is 9.90 Å².